The van der Waals surface area contributed by atoms with Crippen molar-refractivity contribution in [2.75, 3.05) is 56.0 Å². The highest BCUT2D eigenvalue weighted by atomic mass is 32.2. The third-order valence-corrected chi connectivity index (χ3v) is 9.43. The van der Waals surface area contributed by atoms with E-state index in [1.165, 1.54) is 35.6 Å². The van der Waals surface area contributed by atoms with E-state index in [-0.39, 0.29) is 10.8 Å². The number of piperazine rings is 1. The van der Waals surface area contributed by atoms with E-state index >= 15 is 0 Å². The van der Waals surface area contributed by atoms with Crippen LogP contribution < -0.4 is 19.7 Å². The number of aromatic nitrogens is 1. The monoisotopic (exact) mass is 579 g/mol. The zero-order chi connectivity index (χ0) is 28.1. The number of carbonyl (C=O) groups excluding carboxylic acids is 1. The normalized spacial score (nSPS) is 14.3. The van der Waals surface area contributed by atoms with E-state index in [0.29, 0.717) is 23.5 Å². The molecule has 2 N–H and O–H groups in total. The van der Waals surface area contributed by atoms with Gasteiger partial charge >= 0.3 is 0 Å². The molecular formula is C29H33N5O4S2. The molecule has 4 aromatic rings. The molecule has 0 aliphatic carbocycles. The second kappa shape index (κ2) is 12.2. The molecule has 0 spiro atoms. The second-order valence-corrected chi connectivity index (χ2v) is 12.3. The van der Waals surface area contributed by atoms with Crippen LogP contribution in [0.5, 0.6) is 5.75 Å². The first-order valence-electron chi connectivity index (χ1n) is 13.3. The third kappa shape index (κ3) is 6.55. The van der Waals surface area contributed by atoms with Gasteiger partial charge in [0.15, 0.2) is 5.13 Å². The molecule has 9 nitrogen and oxygen atoms in total. The Morgan fingerprint density at radius 1 is 1.02 bits per heavy atom. The number of rotatable bonds is 10. The summed E-state index contributed by atoms with van der Waals surface area (Å²) in [5.74, 6) is 0.322. The molecule has 1 saturated heterocycles. The minimum absolute atomic E-state index is 0.108. The Morgan fingerprint density at radius 2 is 1.80 bits per heavy atom. The Morgan fingerprint density at radius 3 is 2.52 bits per heavy atom. The molecule has 1 aromatic heterocycles. The number of thiazole rings is 1. The Labute approximate surface area is 238 Å². The lowest BCUT2D eigenvalue weighted by atomic mass is 10.2. The third-order valence-electron chi connectivity index (χ3n) is 6.95. The summed E-state index contributed by atoms with van der Waals surface area (Å²) >= 11 is 1.75. The predicted molar refractivity (Wildman–Crippen MR) is 160 cm³/mol. The standard InChI is InChI=1S/C29H33N5O4S2/c1-3-21-7-12-26-27(19-21)39-29(31-26)34-17-15-33(16-18-34)14-13-30-28(35)22-5-4-6-23(20-22)32-40(36,37)25-10-8-24(38-2)9-11-25/h4-12,19-20,32H,3,13-18H2,1-2H3,(H,30,35). The molecule has 1 aliphatic heterocycles. The van der Waals surface area contributed by atoms with Crippen molar-refractivity contribution < 1.29 is 17.9 Å². The number of anilines is 2. The zero-order valence-electron chi connectivity index (χ0n) is 22.6. The number of carbonyl (C=O) groups is 1. The van der Waals surface area contributed by atoms with Gasteiger partial charge in [-0.25, -0.2) is 13.4 Å². The van der Waals surface area contributed by atoms with Crippen LogP contribution >= 0.6 is 11.3 Å². The van der Waals surface area contributed by atoms with Crippen molar-refractivity contribution in [2.45, 2.75) is 18.2 Å². The maximum Gasteiger partial charge on any atom is 0.261 e. The molecule has 2 heterocycles. The fourth-order valence-electron chi connectivity index (χ4n) is 4.60. The minimum atomic E-state index is -3.80. The highest BCUT2D eigenvalue weighted by molar-refractivity contribution is 7.92. The number of aryl methyl sites for hydroxylation is 1. The molecule has 40 heavy (non-hydrogen) atoms. The highest BCUT2D eigenvalue weighted by Gasteiger charge is 2.20. The first kappa shape index (κ1) is 27.9. The molecule has 1 amide bonds. The van der Waals surface area contributed by atoms with Crippen LogP contribution in [0.3, 0.4) is 0 Å². The molecule has 1 fully saturated rings. The smallest absolute Gasteiger partial charge is 0.261 e. The van der Waals surface area contributed by atoms with Crippen molar-refractivity contribution in [3.8, 4) is 5.75 Å². The molecular weight excluding hydrogens is 546 g/mol. The van der Waals surface area contributed by atoms with Gasteiger partial charge in [-0.3, -0.25) is 14.4 Å². The lowest BCUT2D eigenvalue weighted by Crippen LogP contribution is -2.48. The molecule has 0 bridgehead atoms. The van der Waals surface area contributed by atoms with Gasteiger partial charge in [0.25, 0.3) is 15.9 Å². The van der Waals surface area contributed by atoms with Gasteiger partial charge in [-0.2, -0.15) is 0 Å². The van der Waals surface area contributed by atoms with Gasteiger partial charge in [0, 0.05) is 50.5 Å². The first-order valence-corrected chi connectivity index (χ1v) is 15.6. The van der Waals surface area contributed by atoms with Crippen molar-refractivity contribution in [3.05, 3.63) is 77.9 Å². The Balaban J connectivity index is 1.10. The van der Waals surface area contributed by atoms with Crippen LogP contribution in [0.2, 0.25) is 0 Å². The number of nitrogens with zero attached hydrogens (tertiary/aromatic N) is 3. The van der Waals surface area contributed by atoms with Crippen LogP contribution in [0.4, 0.5) is 10.8 Å². The zero-order valence-corrected chi connectivity index (χ0v) is 24.2. The molecule has 5 rings (SSSR count). The Hall–Kier alpha value is -3.67. The van der Waals surface area contributed by atoms with Gasteiger partial charge in [0.1, 0.15) is 5.75 Å². The van der Waals surface area contributed by atoms with Crippen LogP contribution in [0, 0.1) is 0 Å². The van der Waals surface area contributed by atoms with E-state index in [9.17, 15) is 13.2 Å². The van der Waals surface area contributed by atoms with E-state index in [2.05, 4.69) is 45.0 Å². The average Bonchev–Trinajstić information content (AvgIpc) is 3.41. The van der Waals surface area contributed by atoms with Crippen molar-refractivity contribution >= 4 is 48.3 Å². The van der Waals surface area contributed by atoms with Gasteiger partial charge in [-0.05, 0) is 66.6 Å². The maximum atomic E-state index is 12.8. The summed E-state index contributed by atoms with van der Waals surface area (Å²) in [4.78, 5) is 22.4. The Kier molecular flexibility index (Phi) is 8.53. The number of benzene rings is 3. The number of hydrogen-bond donors (Lipinski definition) is 2. The van der Waals surface area contributed by atoms with E-state index in [1.807, 2.05) is 0 Å². The SMILES string of the molecule is CCc1ccc2nc(N3CCN(CCNC(=O)c4cccc(NS(=O)(=O)c5ccc(OC)cc5)c4)CC3)sc2c1. The van der Waals surface area contributed by atoms with Crippen LogP contribution in [0.25, 0.3) is 10.2 Å². The van der Waals surface area contributed by atoms with Crippen LogP contribution in [0.1, 0.15) is 22.8 Å². The topological polar surface area (TPSA) is 104 Å². The molecule has 0 atom stereocenters. The molecule has 210 valence electrons. The molecule has 1 aliphatic rings. The number of methoxy groups -OCH3 is 1. The average molecular weight is 580 g/mol. The quantitative estimate of drug-likeness (QED) is 0.290. The summed E-state index contributed by atoms with van der Waals surface area (Å²) in [5.41, 5.74) is 3.10. The van der Waals surface area contributed by atoms with E-state index in [4.69, 9.17) is 9.72 Å². The van der Waals surface area contributed by atoms with Crippen molar-refractivity contribution in [2.24, 2.45) is 0 Å². The lowest BCUT2D eigenvalue weighted by Gasteiger charge is -2.34. The molecule has 0 radical (unpaired) electrons. The molecule has 11 heteroatoms. The van der Waals surface area contributed by atoms with Gasteiger partial charge in [-0.1, -0.05) is 30.4 Å². The minimum Gasteiger partial charge on any atom is -0.497 e. The summed E-state index contributed by atoms with van der Waals surface area (Å²) < 4.78 is 34.4. The van der Waals surface area contributed by atoms with E-state index < -0.39 is 10.0 Å². The summed E-state index contributed by atoms with van der Waals surface area (Å²) in [6, 6.07) is 19.1. The van der Waals surface area contributed by atoms with Crippen LogP contribution in [0.15, 0.2) is 71.6 Å². The highest BCUT2D eigenvalue weighted by Crippen LogP contribution is 2.30. The van der Waals surface area contributed by atoms with Crippen LogP contribution in [-0.2, 0) is 16.4 Å². The van der Waals surface area contributed by atoms with Crippen LogP contribution in [-0.4, -0.2) is 70.6 Å². The number of sulfonamides is 1. The maximum absolute atomic E-state index is 12.8. The van der Waals surface area contributed by atoms with Gasteiger partial charge < -0.3 is 15.0 Å². The fraction of sp³-hybridized carbons (Fsp3) is 0.310. The number of amides is 1. The number of nitrogens with one attached hydrogen (secondary N) is 2. The Bertz CT molecular complexity index is 1580. The number of fused-ring (bicyclic) bond motifs is 1. The molecule has 0 saturated carbocycles. The summed E-state index contributed by atoms with van der Waals surface area (Å²) in [5, 5.41) is 4.02. The van der Waals surface area contributed by atoms with E-state index in [1.54, 1.807) is 41.7 Å². The predicted octanol–water partition coefficient (Wildman–Crippen LogP) is 4.22. The van der Waals surface area contributed by atoms with E-state index in [0.717, 1.165) is 49.8 Å². The van der Waals surface area contributed by atoms with Crippen molar-refractivity contribution in [3.63, 3.8) is 0 Å². The van der Waals surface area contributed by atoms with Gasteiger partial charge in [-0.15, -0.1) is 0 Å². The number of ether oxygens (including phenoxy) is 1. The lowest BCUT2D eigenvalue weighted by molar-refractivity contribution is 0.0948. The fourth-order valence-corrected chi connectivity index (χ4v) is 6.73. The van der Waals surface area contributed by atoms with Gasteiger partial charge in [0.05, 0.1) is 22.2 Å². The largest absolute Gasteiger partial charge is 0.497 e. The van der Waals surface area contributed by atoms with Crippen molar-refractivity contribution in [1.82, 2.24) is 15.2 Å². The summed E-state index contributed by atoms with van der Waals surface area (Å²) in [7, 11) is -2.28. The summed E-state index contributed by atoms with van der Waals surface area (Å²) in [6.45, 7) is 6.99. The first-order chi connectivity index (χ1) is 19.3. The summed E-state index contributed by atoms with van der Waals surface area (Å²) in [6.07, 6.45) is 1.02. The molecule has 3 aromatic carbocycles. The molecule has 0 unspecified atom stereocenters. The van der Waals surface area contributed by atoms with Crippen molar-refractivity contribution in [1.29, 1.82) is 0 Å². The second-order valence-electron chi connectivity index (χ2n) is 9.60. The number of hydrogen-bond acceptors (Lipinski definition) is 8. The van der Waals surface area contributed by atoms with Gasteiger partial charge in [0.2, 0.25) is 0 Å².